The van der Waals surface area contributed by atoms with E-state index in [2.05, 4.69) is 10.5 Å². The minimum absolute atomic E-state index is 0.209. The third-order valence-electron chi connectivity index (χ3n) is 5.33. The van der Waals surface area contributed by atoms with Gasteiger partial charge in [0, 0.05) is 0 Å². The normalized spacial score (nSPS) is 10.8. The van der Waals surface area contributed by atoms with Crippen molar-refractivity contribution in [3.63, 3.8) is 0 Å². The van der Waals surface area contributed by atoms with Crippen molar-refractivity contribution in [1.29, 1.82) is 0 Å². The number of methoxy groups -OCH3 is 2. The summed E-state index contributed by atoms with van der Waals surface area (Å²) in [6, 6.07) is 25.5. The first-order valence-electron chi connectivity index (χ1n) is 10.9. The number of rotatable bonds is 8. The van der Waals surface area contributed by atoms with Gasteiger partial charge in [-0.25, -0.2) is 10.2 Å². The summed E-state index contributed by atoms with van der Waals surface area (Å²) >= 11 is 0. The summed E-state index contributed by atoms with van der Waals surface area (Å²) in [4.78, 5) is 24.9. The van der Waals surface area contributed by atoms with Crippen LogP contribution in [0.25, 0.3) is 10.8 Å². The van der Waals surface area contributed by atoms with E-state index < -0.39 is 5.97 Å². The minimum Gasteiger partial charge on any atom is -0.497 e. The molecule has 0 radical (unpaired) electrons. The van der Waals surface area contributed by atoms with E-state index >= 15 is 0 Å². The van der Waals surface area contributed by atoms with E-state index in [-0.39, 0.29) is 18.1 Å². The molecule has 0 aliphatic heterocycles. The molecule has 0 saturated carbocycles. The summed E-state index contributed by atoms with van der Waals surface area (Å²) in [5.41, 5.74) is 4.50. The second kappa shape index (κ2) is 11.0. The summed E-state index contributed by atoms with van der Waals surface area (Å²) in [5.74, 6) is 0.405. The minimum atomic E-state index is -0.538. The molecule has 0 unspecified atom stereocenters. The molecule has 0 atom stereocenters. The molecular weight excluding hydrogens is 444 g/mol. The van der Waals surface area contributed by atoms with Crippen molar-refractivity contribution in [3.05, 3.63) is 102 Å². The first-order valence-corrected chi connectivity index (χ1v) is 10.9. The maximum absolute atomic E-state index is 12.5. The molecule has 0 saturated heterocycles. The number of nitrogens with zero attached hydrogens (tertiary/aromatic N) is 1. The molecule has 176 valence electrons. The Bertz CT molecular complexity index is 1390. The van der Waals surface area contributed by atoms with Crippen molar-refractivity contribution in [2.24, 2.45) is 5.10 Å². The molecule has 1 N–H and O–H groups in total. The summed E-state index contributed by atoms with van der Waals surface area (Å²) < 4.78 is 16.0. The van der Waals surface area contributed by atoms with Crippen LogP contribution in [0.5, 0.6) is 17.2 Å². The van der Waals surface area contributed by atoms with Crippen LogP contribution in [0.4, 0.5) is 0 Å². The summed E-state index contributed by atoms with van der Waals surface area (Å²) in [5, 5.41) is 6.17. The van der Waals surface area contributed by atoms with Crippen LogP contribution < -0.4 is 19.6 Å². The summed E-state index contributed by atoms with van der Waals surface area (Å²) in [6.07, 6.45) is 1.71. The van der Waals surface area contributed by atoms with E-state index in [9.17, 15) is 9.59 Å². The number of ether oxygens (including phenoxy) is 3. The maximum Gasteiger partial charge on any atom is 0.343 e. The number of hydrogen-bond donors (Lipinski definition) is 1. The first kappa shape index (κ1) is 23.5. The van der Waals surface area contributed by atoms with Gasteiger partial charge in [0.2, 0.25) is 5.91 Å². The van der Waals surface area contributed by atoms with Gasteiger partial charge in [0.25, 0.3) is 0 Å². The standard InChI is InChI=1S/C28H24N2O5/c1-33-23-11-6-10-22(16-23)28(32)35-25-14-13-19(15-26(25)34-2)18-29-30-27(31)17-21-9-5-8-20-7-3-4-12-24(20)21/h3-16,18H,17H2,1-2H3,(H,30,31)/b29-18+. The lowest BCUT2D eigenvalue weighted by molar-refractivity contribution is -0.120. The second-order valence-corrected chi connectivity index (χ2v) is 7.64. The third-order valence-corrected chi connectivity index (χ3v) is 5.33. The van der Waals surface area contributed by atoms with Gasteiger partial charge in [-0.15, -0.1) is 0 Å². The summed E-state index contributed by atoms with van der Waals surface area (Å²) in [6.45, 7) is 0. The van der Waals surface area contributed by atoms with Gasteiger partial charge < -0.3 is 14.2 Å². The van der Waals surface area contributed by atoms with Gasteiger partial charge in [-0.05, 0) is 58.3 Å². The molecule has 0 spiro atoms. The highest BCUT2D eigenvalue weighted by molar-refractivity contribution is 5.92. The summed E-state index contributed by atoms with van der Waals surface area (Å²) in [7, 11) is 3.00. The van der Waals surface area contributed by atoms with Crippen LogP contribution >= 0.6 is 0 Å². The third kappa shape index (κ3) is 5.83. The second-order valence-electron chi connectivity index (χ2n) is 7.64. The number of benzene rings is 4. The first-order chi connectivity index (χ1) is 17.1. The van der Waals surface area contributed by atoms with Gasteiger partial charge in [-0.1, -0.05) is 48.5 Å². The van der Waals surface area contributed by atoms with E-state index in [4.69, 9.17) is 14.2 Å². The lowest BCUT2D eigenvalue weighted by Crippen LogP contribution is -2.19. The fraction of sp³-hybridized carbons (Fsp3) is 0.107. The van der Waals surface area contributed by atoms with Crippen LogP contribution in [-0.4, -0.2) is 32.3 Å². The van der Waals surface area contributed by atoms with Crippen molar-refractivity contribution >= 4 is 28.9 Å². The molecule has 0 bridgehead atoms. The average Bonchev–Trinajstić information content (AvgIpc) is 2.89. The molecular formula is C28H24N2O5. The largest absolute Gasteiger partial charge is 0.497 e. The van der Waals surface area contributed by atoms with Crippen LogP contribution in [0.3, 0.4) is 0 Å². The van der Waals surface area contributed by atoms with Crippen LogP contribution in [0.15, 0.2) is 90.0 Å². The van der Waals surface area contributed by atoms with Crippen LogP contribution in [-0.2, 0) is 11.2 Å². The van der Waals surface area contributed by atoms with Crippen molar-refractivity contribution in [2.75, 3.05) is 14.2 Å². The van der Waals surface area contributed by atoms with Gasteiger partial charge in [-0.3, -0.25) is 4.79 Å². The number of fused-ring (bicyclic) bond motifs is 1. The van der Waals surface area contributed by atoms with Crippen LogP contribution in [0, 0.1) is 0 Å². The molecule has 4 rings (SSSR count). The SMILES string of the molecule is COc1cccc(C(=O)Oc2ccc(/C=N/NC(=O)Cc3cccc4ccccc34)cc2OC)c1. The van der Waals surface area contributed by atoms with Gasteiger partial charge >= 0.3 is 5.97 Å². The van der Waals surface area contributed by atoms with Crippen molar-refractivity contribution in [1.82, 2.24) is 5.43 Å². The Morgan fingerprint density at radius 1 is 0.857 bits per heavy atom. The predicted octanol–water partition coefficient (Wildman–Crippen LogP) is 4.77. The van der Waals surface area contributed by atoms with Gasteiger partial charge in [0.15, 0.2) is 11.5 Å². The Morgan fingerprint density at radius 3 is 2.49 bits per heavy atom. The van der Waals surface area contributed by atoms with Crippen LogP contribution in [0.2, 0.25) is 0 Å². The Hall–Kier alpha value is -4.65. The zero-order valence-corrected chi connectivity index (χ0v) is 19.4. The molecule has 4 aromatic rings. The Labute approximate surface area is 202 Å². The molecule has 1 amide bonds. The Balaban J connectivity index is 1.40. The maximum atomic E-state index is 12.5. The fourth-order valence-corrected chi connectivity index (χ4v) is 3.60. The number of hydrazone groups is 1. The zero-order chi connectivity index (χ0) is 24.6. The molecule has 0 fully saturated rings. The fourth-order valence-electron chi connectivity index (χ4n) is 3.60. The van der Waals surface area contributed by atoms with Crippen LogP contribution in [0.1, 0.15) is 21.5 Å². The number of carbonyl (C=O) groups excluding carboxylic acids is 2. The van der Waals surface area contributed by atoms with Gasteiger partial charge in [-0.2, -0.15) is 5.10 Å². The van der Waals surface area contributed by atoms with E-state index in [1.54, 1.807) is 42.5 Å². The monoisotopic (exact) mass is 468 g/mol. The Kier molecular flexibility index (Phi) is 7.37. The molecule has 0 aliphatic carbocycles. The number of amides is 1. The number of nitrogens with one attached hydrogen (secondary N) is 1. The smallest absolute Gasteiger partial charge is 0.343 e. The van der Waals surface area contributed by atoms with E-state index in [0.717, 1.165) is 16.3 Å². The van der Waals surface area contributed by atoms with Crippen molar-refractivity contribution < 1.29 is 23.8 Å². The lowest BCUT2D eigenvalue weighted by Gasteiger charge is -2.10. The highest BCUT2D eigenvalue weighted by atomic mass is 16.6. The van der Waals surface area contributed by atoms with Crippen molar-refractivity contribution in [3.8, 4) is 17.2 Å². The highest BCUT2D eigenvalue weighted by Crippen LogP contribution is 2.28. The molecule has 7 heteroatoms. The quantitative estimate of drug-likeness (QED) is 0.174. The zero-order valence-electron chi connectivity index (χ0n) is 19.4. The molecule has 7 nitrogen and oxygen atoms in total. The molecule has 0 aliphatic rings. The molecule has 0 aromatic heterocycles. The highest BCUT2D eigenvalue weighted by Gasteiger charge is 2.14. The van der Waals surface area contributed by atoms with Gasteiger partial charge in [0.05, 0.1) is 32.4 Å². The number of hydrogen-bond acceptors (Lipinski definition) is 6. The number of esters is 1. The Morgan fingerprint density at radius 2 is 1.66 bits per heavy atom. The lowest BCUT2D eigenvalue weighted by atomic mass is 10.0. The van der Waals surface area contributed by atoms with Crippen molar-refractivity contribution in [2.45, 2.75) is 6.42 Å². The number of carbonyl (C=O) groups is 2. The van der Waals surface area contributed by atoms with E-state index in [0.29, 0.717) is 22.6 Å². The average molecular weight is 469 g/mol. The van der Waals surface area contributed by atoms with E-state index in [1.807, 2.05) is 42.5 Å². The predicted molar refractivity (Wildman–Crippen MR) is 134 cm³/mol. The topological polar surface area (TPSA) is 86.2 Å². The van der Waals surface area contributed by atoms with E-state index in [1.165, 1.54) is 20.4 Å². The molecule has 0 heterocycles. The molecule has 35 heavy (non-hydrogen) atoms. The van der Waals surface area contributed by atoms with Gasteiger partial charge in [0.1, 0.15) is 5.75 Å². The molecule has 4 aromatic carbocycles.